The van der Waals surface area contributed by atoms with Crippen molar-refractivity contribution in [3.63, 3.8) is 0 Å². The van der Waals surface area contributed by atoms with Crippen molar-refractivity contribution >= 4 is 8.19 Å². The zero-order valence-corrected chi connectivity index (χ0v) is 4.46. The second kappa shape index (κ2) is 1.85. The molecule has 0 aromatic carbocycles. The first-order valence-electron chi connectivity index (χ1n) is 1.74. The van der Waals surface area contributed by atoms with Gasteiger partial charge in [0.05, 0.1) is 5.93 Å². The molecule has 0 aliphatic heterocycles. The van der Waals surface area contributed by atoms with Gasteiger partial charge >= 0.3 is 0 Å². The van der Waals surface area contributed by atoms with Crippen LogP contribution in [0.2, 0.25) is 0 Å². The summed E-state index contributed by atoms with van der Waals surface area (Å²) >= 11 is 0. The van der Waals surface area contributed by atoms with E-state index in [-0.39, 0.29) is 13.5 Å². The zero-order valence-electron chi connectivity index (χ0n) is 3.46. The van der Waals surface area contributed by atoms with Crippen LogP contribution in [-0.4, -0.2) is 9.97 Å². The molecule has 3 nitrogen and oxygen atoms in total. The van der Waals surface area contributed by atoms with Gasteiger partial charge in [0.1, 0.15) is 6.33 Å². The maximum absolute atomic E-state index is 10.2. The molecule has 1 aromatic rings. The number of hydrogen-bond acceptors (Lipinski definition) is 3. The van der Waals surface area contributed by atoms with Crippen molar-refractivity contribution in [1.82, 2.24) is 9.97 Å². The average Bonchev–Trinajstić information content (AvgIpc) is 1.69. The van der Waals surface area contributed by atoms with Crippen molar-refractivity contribution < 1.29 is 0 Å². The van der Waals surface area contributed by atoms with E-state index in [0.29, 0.717) is 0 Å². The highest BCUT2D eigenvalue weighted by Crippen LogP contribution is 1.81. The molecular weight excluding hydrogens is 111 g/mol. The molecule has 1 heterocycles. The molecule has 4 heteroatoms. The third kappa shape index (κ3) is 1.09. The van der Waals surface area contributed by atoms with Crippen LogP contribution in [0.4, 0.5) is 0 Å². The first-order chi connectivity index (χ1) is 3.39. The van der Waals surface area contributed by atoms with Crippen LogP contribution in [0.3, 0.4) is 0 Å². The lowest BCUT2D eigenvalue weighted by molar-refractivity contribution is 1.18. The lowest BCUT2D eigenvalue weighted by Crippen LogP contribution is -1.94. The highest BCUT2D eigenvalue weighted by molar-refractivity contribution is 7.27. The molecule has 0 N–H and O–H groups in total. The molecule has 0 amide bonds. The second-order valence-electron chi connectivity index (χ2n) is 0.972. The average molecular weight is 114 g/mol. The van der Waals surface area contributed by atoms with E-state index in [1.807, 2.05) is 0 Å². The van der Waals surface area contributed by atoms with Gasteiger partial charge in [0, 0.05) is 0 Å². The summed E-state index contributed by atoms with van der Waals surface area (Å²) in [6.07, 6.45) is 1.26. The van der Waals surface area contributed by atoms with Gasteiger partial charge in [-0.1, -0.05) is 0 Å². The van der Waals surface area contributed by atoms with E-state index < -0.39 is 0 Å². The van der Waals surface area contributed by atoms with Crippen LogP contribution < -0.4 is 5.29 Å². The fraction of sp³-hybridized carbons (Fsp3) is 0. The molecular formula is C3H3N2OP. The molecule has 1 aromatic heterocycles. The number of hydrogen-bond donors (Lipinski definition) is 0. The van der Waals surface area contributed by atoms with Gasteiger partial charge in [-0.15, -0.1) is 0 Å². The Morgan fingerprint density at radius 1 is 1.71 bits per heavy atom. The third-order valence-electron chi connectivity index (χ3n) is 0.504. The van der Waals surface area contributed by atoms with Crippen molar-refractivity contribution in [3.8, 4) is 0 Å². The van der Waals surface area contributed by atoms with Gasteiger partial charge in [-0.2, -0.15) is 4.98 Å². The highest BCUT2D eigenvalue weighted by Gasteiger charge is 1.72. The summed E-state index contributed by atoms with van der Waals surface area (Å²) in [7, 11) is 0.147. The topological polar surface area (TPSA) is 42.9 Å². The number of rotatable bonds is 0. The first kappa shape index (κ1) is 4.47. The second-order valence-corrected chi connectivity index (χ2v) is 1.95. The van der Waals surface area contributed by atoms with Gasteiger partial charge < -0.3 is 0 Å². The standard InChI is InChI=1S/C3H3N2OP/c6-3-5-1-4-2-7-3/h1-2,7H. The Bertz CT molecular complexity index is 179. The number of aromatic nitrogens is 2. The zero-order chi connectivity index (χ0) is 5.11. The predicted molar refractivity (Wildman–Crippen MR) is 27.8 cm³/mol. The number of nitrogens with zero attached hydrogens (tertiary/aromatic N) is 2. The van der Waals surface area contributed by atoms with E-state index in [1.165, 1.54) is 6.33 Å². The summed E-state index contributed by atoms with van der Waals surface area (Å²) in [4.78, 5) is 17.2. The van der Waals surface area contributed by atoms with E-state index in [4.69, 9.17) is 0 Å². The Morgan fingerprint density at radius 2 is 2.57 bits per heavy atom. The van der Waals surface area contributed by atoms with Crippen LogP contribution in [0.1, 0.15) is 0 Å². The highest BCUT2D eigenvalue weighted by atomic mass is 31.0. The van der Waals surface area contributed by atoms with E-state index in [9.17, 15) is 4.79 Å². The maximum Gasteiger partial charge on any atom is 0.286 e. The minimum atomic E-state index is -0.0880. The minimum Gasteiger partial charge on any atom is -0.263 e. The Labute approximate surface area is 41.5 Å². The maximum atomic E-state index is 10.2. The molecule has 1 atom stereocenters. The van der Waals surface area contributed by atoms with Crippen molar-refractivity contribution in [1.29, 1.82) is 0 Å². The largest absolute Gasteiger partial charge is 0.286 e. The van der Waals surface area contributed by atoms with E-state index in [2.05, 4.69) is 9.97 Å². The first-order valence-corrected chi connectivity index (χ1v) is 2.82. The van der Waals surface area contributed by atoms with Crippen LogP contribution >= 0.6 is 8.19 Å². The molecule has 0 saturated heterocycles. The third-order valence-corrected chi connectivity index (χ3v) is 1.16. The fourth-order valence-corrected chi connectivity index (χ4v) is 0.633. The molecule has 0 aliphatic carbocycles. The Kier molecular flexibility index (Phi) is 1.18. The normalized spacial score (nSPS) is 9.71. The summed E-state index contributed by atoms with van der Waals surface area (Å²) < 4.78 is 0. The monoisotopic (exact) mass is 114 g/mol. The molecule has 36 valence electrons. The van der Waals surface area contributed by atoms with Gasteiger partial charge in [-0.25, -0.2) is 4.98 Å². The summed E-state index contributed by atoms with van der Waals surface area (Å²) in [6.45, 7) is 0. The van der Waals surface area contributed by atoms with Gasteiger partial charge in [0.25, 0.3) is 5.29 Å². The van der Waals surface area contributed by atoms with E-state index in [1.54, 1.807) is 5.93 Å². The summed E-state index contributed by atoms with van der Waals surface area (Å²) in [5, 5.41) is -0.0880. The van der Waals surface area contributed by atoms with Gasteiger partial charge in [0.15, 0.2) is 0 Å². The Hall–Kier alpha value is -0.690. The summed E-state index contributed by atoms with van der Waals surface area (Å²) in [5.74, 6) is 1.56. The molecule has 7 heavy (non-hydrogen) atoms. The SMILES string of the molecule is O=c1ncnc[pH]1. The van der Waals surface area contributed by atoms with Crippen molar-refractivity contribution in [2.75, 3.05) is 0 Å². The lowest BCUT2D eigenvalue weighted by Gasteiger charge is -1.70. The van der Waals surface area contributed by atoms with Crippen molar-refractivity contribution in [2.45, 2.75) is 0 Å². The van der Waals surface area contributed by atoms with Crippen LogP contribution in [0.25, 0.3) is 0 Å². The molecule has 0 fully saturated rings. The van der Waals surface area contributed by atoms with Gasteiger partial charge in [-0.3, -0.25) is 4.79 Å². The molecule has 1 rings (SSSR count). The molecule has 0 saturated carbocycles. The molecule has 0 spiro atoms. The van der Waals surface area contributed by atoms with Crippen LogP contribution in [0.5, 0.6) is 0 Å². The Morgan fingerprint density at radius 3 is 2.86 bits per heavy atom. The quantitative estimate of drug-likeness (QED) is 0.471. The fourth-order valence-electron chi connectivity index (χ4n) is 0.249. The summed E-state index contributed by atoms with van der Waals surface area (Å²) in [5.41, 5.74) is 0. The molecule has 0 radical (unpaired) electrons. The van der Waals surface area contributed by atoms with Crippen molar-refractivity contribution in [3.05, 3.63) is 22.3 Å². The predicted octanol–water partition coefficient (Wildman–Crippen LogP) is -0.132. The van der Waals surface area contributed by atoms with Crippen LogP contribution in [0, 0.1) is 0 Å². The Balaban J connectivity index is 3.28. The van der Waals surface area contributed by atoms with Crippen molar-refractivity contribution in [2.24, 2.45) is 0 Å². The molecule has 0 bridgehead atoms. The smallest absolute Gasteiger partial charge is 0.263 e. The summed E-state index contributed by atoms with van der Waals surface area (Å²) in [6, 6.07) is 0. The van der Waals surface area contributed by atoms with Crippen LogP contribution in [-0.2, 0) is 0 Å². The molecule has 1 unspecified atom stereocenters. The lowest BCUT2D eigenvalue weighted by atomic mass is 11.2. The van der Waals surface area contributed by atoms with Gasteiger partial charge in [0.2, 0.25) is 0 Å². The van der Waals surface area contributed by atoms with Crippen LogP contribution in [0.15, 0.2) is 17.1 Å². The molecule has 0 aliphatic rings. The van der Waals surface area contributed by atoms with E-state index >= 15 is 0 Å². The minimum absolute atomic E-state index is 0.0880. The van der Waals surface area contributed by atoms with E-state index in [0.717, 1.165) is 0 Å². The van der Waals surface area contributed by atoms with Gasteiger partial charge in [-0.05, 0) is 8.19 Å².